The van der Waals surface area contributed by atoms with Crippen LogP contribution >= 0.6 is 0 Å². The Kier molecular flexibility index (Phi) is 6.27. The van der Waals surface area contributed by atoms with E-state index in [1.54, 1.807) is 25.3 Å². The Morgan fingerprint density at radius 3 is 2.46 bits per heavy atom. The fourth-order valence-electron chi connectivity index (χ4n) is 3.02. The first-order valence-electron chi connectivity index (χ1n) is 8.17. The predicted molar refractivity (Wildman–Crippen MR) is 84.4 cm³/mol. The Morgan fingerprint density at radius 1 is 1.21 bits per heavy atom. The van der Waals surface area contributed by atoms with Gasteiger partial charge in [0, 0.05) is 18.6 Å². The van der Waals surface area contributed by atoms with Gasteiger partial charge in [0.05, 0.1) is 19.1 Å². The molecule has 1 fully saturated rings. The average Bonchev–Trinajstić information content (AvgIpc) is 2.55. The maximum absolute atomic E-state index is 12.7. The van der Waals surface area contributed by atoms with E-state index >= 15 is 0 Å². The number of carbonyl (C=O) groups excluding carboxylic acids is 1. The SMILES string of the molecule is COC1CCC(C(=O)c2cc(OCCC(F)(F)F)ccc2C)CC1. The molecule has 0 unspecified atom stereocenters. The smallest absolute Gasteiger partial charge is 0.392 e. The Morgan fingerprint density at radius 2 is 1.88 bits per heavy atom. The van der Waals surface area contributed by atoms with E-state index in [0.29, 0.717) is 11.3 Å². The standard InChI is InChI=1S/C18H23F3O3/c1-12-3-6-15(24-10-9-18(19,20)21)11-16(12)17(22)13-4-7-14(23-2)8-5-13/h3,6,11,13-14H,4-5,7-10H2,1-2H3. The number of benzene rings is 1. The first-order chi connectivity index (χ1) is 11.3. The van der Waals surface area contributed by atoms with Crippen molar-refractivity contribution < 1.29 is 27.4 Å². The molecule has 0 heterocycles. The number of aryl methyl sites for hydroxylation is 1. The van der Waals surface area contributed by atoms with Crippen molar-refractivity contribution >= 4 is 5.78 Å². The monoisotopic (exact) mass is 344 g/mol. The van der Waals surface area contributed by atoms with E-state index in [4.69, 9.17) is 9.47 Å². The normalized spacial score (nSPS) is 21.5. The molecule has 6 heteroatoms. The summed E-state index contributed by atoms with van der Waals surface area (Å²) >= 11 is 0. The summed E-state index contributed by atoms with van der Waals surface area (Å²) in [6.45, 7) is 1.38. The highest BCUT2D eigenvalue weighted by atomic mass is 19.4. The maximum Gasteiger partial charge on any atom is 0.392 e. The average molecular weight is 344 g/mol. The van der Waals surface area contributed by atoms with Crippen LogP contribution in [-0.2, 0) is 4.74 Å². The molecule has 0 atom stereocenters. The molecular formula is C18H23F3O3. The van der Waals surface area contributed by atoms with E-state index in [1.165, 1.54) is 0 Å². The molecule has 3 nitrogen and oxygen atoms in total. The zero-order valence-corrected chi connectivity index (χ0v) is 14.0. The number of Topliss-reactive ketones (excluding diaryl/α,β-unsaturated/α-hetero) is 1. The molecule has 0 aliphatic heterocycles. The largest absolute Gasteiger partial charge is 0.493 e. The van der Waals surface area contributed by atoms with E-state index in [-0.39, 0.29) is 17.8 Å². The van der Waals surface area contributed by atoms with Crippen LogP contribution in [0.4, 0.5) is 13.2 Å². The lowest BCUT2D eigenvalue weighted by Gasteiger charge is -2.27. The summed E-state index contributed by atoms with van der Waals surface area (Å²) in [5.74, 6) is 0.294. The van der Waals surface area contributed by atoms with Gasteiger partial charge in [0.2, 0.25) is 0 Å². The Balaban J connectivity index is 2.01. The number of alkyl halides is 3. The first-order valence-corrected chi connectivity index (χ1v) is 8.17. The zero-order valence-electron chi connectivity index (χ0n) is 14.0. The minimum absolute atomic E-state index is 0.0447. The molecule has 2 rings (SSSR count). The molecule has 1 aromatic carbocycles. The van der Waals surface area contributed by atoms with E-state index in [9.17, 15) is 18.0 Å². The zero-order chi connectivity index (χ0) is 17.7. The van der Waals surface area contributed by atoms with Crippen molar-refractivity contribution in [3.05, 3.63) is 29.3 Å². The van der Waals surface area contributed by atoms with Crippen molar-refractivity contribution in [1.29, 1.82) is 0 Å². The van der Waals surface area contributed by atoms with Gasteiger partial charge in [0.1, 0.15) is 5.75 Å². The summed E-state index contributed by atoms with van der Waals surface area (Å²) in [4.78, 5) is 12.7. The third kappa shape index (κ3) is 5.23. The molecular weight excluding hydrogens is 321 g/mol. The third-order valence-corrected chi connectivity index (χ3v) is 4.51. The van der Waals surface area contributed by atoms with Gasteiger partial charge in [-0.3, -0.25) is 4.79 Å². The van der Waals surface area contributed by atoms with Gasteiger partial charge in [-0.05, 0) is 50.3 Å². The molecule has 0 saturated heterocycles. The van der Waals surface area contributed by atoms with Crippen LogP contribution in [0.1, 0.15) is 48.0 Å². The fourth-order valence-corrected chi connectivity index (χ4v) is 3.02. The van der Waals surface area contributed by atoms with E-state index in [0.717, 1.165) is 31.2 Å². The second-order valence-electron chi connectivity index (χ2n) is 6.26. The minimum atomic E-state index is -4.25. The lowest BCUT2D eigenvalue weighted by molar-refractivity contribution is -0.139. The van der Waals surface area contributed by atoms with Gasteiger partial charge in [-0.25, -0.2) is 0 Å². The molecule has 0 radical (unpaired) electrons. The number of halogens is 3. The van der Waals surface area contributed by atoms with Crippen molar-refractivity contribution in [2.45, 2.75) is 51.3 Å². The highest BCUT2D eigenvalue weighted by molar-refractivity contribution is 5.99. The highest BCUT2D eigenvalue weighted by Gasteiger charge is 2.29. The van der Waals surface area contributed by atoms with Crippen LogP contribution in [0.15, 0.2) is 18.2 Å². The number of rotatable bonds is 6. The molecule has 1 aliphatic rings. The molecule has 1 aliphatic carbocycles. The van der Waals surface area contributed by atoms with Crippen LogP contribution in [0.3, 0.4) is 0 Å². The summed E-state index contributed by atoms with van der Waals surface area (Å²) in [6.07, 6.45) is -1.78. The van der Waals surface area contributed by atoms with Gasteiger partial charge in [0.25, 0.3) is 0 Å². The van der Waals surface area contributed by atoms with Crippen LogP contribution in [0.2, 0.25) is 0 Å². The second kappa shape index (κ2) is 8.01. The molecule has 0 amide bonds. The predicted octanol–water partition coefficient (Wildman–Crippen LogP) is 4.71. The van der Waals surface area contributed by atoms with E-state index in [1.807, 2.05) is 6.92 Å². The molecule has 24 heavy (non-hydrogen) atoms. The van der Waals surface area contributed by atoms with E-state index in [2.05, 4.69) is 0 Å². The van der Waals surface area contributed by atoms with E-state index < -0.39 is 19.2 Å². The topological polar surface area (TPSA) is 35.5 Å². The fraction of sp³-hybridized carbons (Fsp3) is 0.611. The molecule has 0 bridgehead atoms. The second-order valence-corrected chi connectivity index (χ2v) is 6.26. The van der Waals surface area contributed by atoms with Gasteiger partial charge < -0.3 is 9.47 Å². The highest BCUT2D eigenvalue weighted by Crippen LogP contribution is 2.31. The number of hydrogen-bond acceptors (Lipinski definition) is 3. The Hall–Kier alpha value is -1.56. The van der Waals surface area contributed by atoms with Crippen LogP contribution in [0.5, 0.6) is 5.75 Å². The first kappa shape index (κ1) is 18.8. The molecule has 0 aromatic heterocycles. The van der Waals surface area contributed by atoms with Gasteiger partial charge in [0.15, 0.2) is 5.78 Å². The lowest BCUT2D eigenvalue weighted by Crippen LogP contribution is -2.26. The Labute approximate surface area is 140 Å². The minimum Gasteiger partial charge on any atom is -0.493 e. The Bertz CT molecular complexity index is 561. The lowest BCUT2D eigenvalue weighted by atomic mass is 9.81. The van der Waals surface area contributed by atoms with Crippen molar-refractivity contribution in [3.63, 3.8) is 0 Å². The number of ether oxygens (including phenoxy) is 2. The summed E-state index contributed by atoms with van der Waals surface area (Å²) in [7, 11) is 1.68. The van der Waals surface area contributed by atoms with Gasteiger partial charge >= 0.3 is 6.18 Å². The van der Waals surface area contributed by atoms with Crippen LogP contribution in [-0.4, -0.2) is 31.8 Å². The van der Waals surface area contributed by atoms with Crippen LogP contribution in [0, 0.1) is 12.8 Å². The van der Waals surface area contributed by atoms with Crippen molar-refractivity contribution in [2.24, 2.45) is 5.92 Å². The van der Waals surface area contributed by atoms with Crippen molar-refractivity contribution in [2.75, 3.05) is 13.7 Å². The van der Waals surface area contributed by atoms with Gasteiger partial charge in [-0.2, -0.15) is 13.2 Å². The van der Waals surface area contributed by atoms with Crippen LogP contribution in [0.25, 0.3) is 0 Å². The number of hydrogen-bond donors (Lipinski definition) is 0. The molecule has 0 N–H and O–H groups in total. The van der Waals surface area contributed by atoms with Crippen LogP contribution < -0.4 is 4.74 Å². The van der Waals surface area contributed by atoms with Gasteiger partial charge in [-0.15, -0.1) is 0 Å². The van der Waals surface area contributed by atoms with Crippen molar-refractivity contribution in [3.8, 4) is 5.75 Å². The van der Waals surface area contributed by atoms with Gasteiger partial charge in [-0.1, -0.05) is 6.07 Å². The summed E-state index contributed by atoms with van der Waals surface area (Å²) in [5, 5.41) is 0. The maximum atomic E-state index is 12.7. The summed E-state index contributed by atoms with van der Waals surface area (Å²) < 4.78 is 47.0. The number of ketones is 1. The molecule has 134 valence electrons. The number of methoxy groups -OCH3 is 1. The quantitative estimate of drug-likeness (QED) is 0.701. The van der Waals surface area contributed by atoms with Crippen molar-refractivity contribution in [1.82, 2.24) is 0 Å². The molecule has 1 aromatic rings. The molecule has 1 saturated carbocycles. The molecule has 0 spiro atoms. The third-order valence-electron chi connectivity index (χ3n) is 4.51. The summed E-state index contributed by atoms with van der Waals surface area (Å²) in [6, 6.07) is 4.89. The number of carbonyl (C=O) groups is 1. The summed E-state index contributed by atoms with van der Waals surface area (Å²) in [5.41, 5.74) is 1.36.